The first-order valence-corrected chi connectivity index (χ1v) is 11.0. The van der Waals surface area contributed by atoms with Gasteiger partial charge in [-0.3, -0.25) is 4.79 Å². The van der Waals surface area contributed by atoms with E-state index in [0.717, 1.165) is 41.0 Å². The Balaban J connectivity index is 1.38. The van der Waals surface area contributed by atoms with E-state index in [9.17, 15) is 9.90 Å². The van der Waals surface area contributed by atoms with E-state index in [4.69, 9.17) is 9.72 Å². The molecule has 1 aliphatic rings. The molecule has 1 aliphatic heterocycles. The number of carbonyl (C=O) groups excluding carboxylic acids is 1. The third-order valence-corrected chi connectivity index (χ3v) is 5.72. The number of ether oxygens (including phenoxy) is 1. The number of nitrogens with one attached hydrogen (secondary N) is 2. The number of hydrogen-bond acceptors (Lipinski definition) is 6. The summed E-state index contributed by atoms with van der Waals surface area (Å²) in [6, 6.07) is 16.7. The molecule has 0 spiro atoms. The van der Waals surface area contributed by atoms with Gasteiger partial charge >= 0.3 is 0 Å². The lowest BCUT2D eigenvalue weighted by atomic mass is 10.0. The lowest BCUT2D eigenvalue weighted by Gasteiger charge is -2.13. The normalized spacial score (nSPS) is 15.6. The summed E-state index contributed by atoms with van der Waals surface area (Å²) in [5, 5.41) is 21.1. The molecule has 0 bridgehead atoms. The molecule has 0 aliphatic carbocycles. The van der Waals surface area contributed by atoms with Crippen LogP contribution in [-0.4, -0.2) is 46.2 Å². The molecule has 1 unspecified atom stereocenters. The molecular weight excluding hydrogens is 417 g/mol. The summed E-state index contributed by atoms with van der Waals surface area (Å²) in [5.41, 5.74) is 4.70. The SMILES string of the molecule is Bc1cnn2c(NCc3cccc(NC(=O)C4CCCO4)c3)cc(-c3ccccc3O)nc12. The zero-order valence-corrected chi connectivity index (χ0v) is 18.3. The van der Waals surface area contributed by atoms with Crippen LogP contribution in [0.15, 0.2) is 60.8 Å². The van der Waals surface area contributed by atoms with Crippen molar-refractivity contribution in [1.29, 1.82) is 0 Å². The lowest BCUT2D eigenvalue weighted by Crippen LogP contribution is -2.26. The molecule has 1 atom stereocenters. The maximum absolute atomic E-state index is 12.4. The van der Waals surface area contributed by atoms with Gasteiger partial charge in [-0.1, -0.05) is 24.3 Å². The summed E-state index contributed by atoms with van der Waals surface area (Å²) in [5.74, 6) is 0.820. The summed E-state index contributed by atoms with van der Waals surface area (Å²) in [6.07, 6.45) is 3.07. The summed E-state index contributed by atoms with van der Waals surface area (Å²) in [6.45, 7) is 1.15. The molecule has 5 rings (SSSR count). The van der Waals surface area contributed by atoms with Gasteiger partial charge in [0.05, 0.1) is 5.69 Å². The van der Waals surface area contributed by atoms with Crippen molar-refractivity contribution in [2.24, 2.45) is 0 Å². The van der Waals surface area contributed by atoms with Gasteiger partial charge in [-0.2, -0.15) is 9.61 Å². The van der Waals surface area contributed by atoms with Gasteiger partial charge in [0.2, 0.25) is 0 Å². The summed E-state index contributed by atoms with van der Waals surface area (Å²) >= 11 is 0. The van der Waals surface area contributed by atoms with Crippen molar-refractivity contribution >= 4 is 36.4 Å². The number of phenols is 1. The van der Waals surface area contributed by atoms with Crippen LogP contribution in [0, 0.1) is 0 Å². The molecule has 1 saturated heterocycles. The third kappa shape index (κ3) is 4.40. The van der Waals surface area contributed by atoms with Crippen LogP contribution in [0.2, 0.25) is 0 Å². The largest absolute Gasteiger partial charge is 0.507 e. The molecule has 2 aromatic heterocycles. The fourth-order valence-corrected chi connectivity index (χ4v) is 3.99. The zero-order chi connectivity index (χ0) is 22.8. The Bertz CT molecular complexity index is 1320. The van der Waals surface area contributed by atoms with Gasteiger partial charge in [-0.15, -0.1) is 0 Å². The number of hydrogen-bond donors (Lipinski definition) is 3. The molecule has 3 N–H and O–H groups in total. The van der Waals surface area contributed by atoms with E-state index >= 15 is 0 Å². The van der Waals surface area contributed by atoms with Gasteiger partial charge in [-0.05, 0) is 48.1 Å². The first kappa shape index (κ1) is 21.0. The van der Waals surface area contributed by atoms with Crippen molar-refractivity contribution < 1.29 is 14.6 Å². The highest BCUT2D eigenvalue weighted by molar-refractivity contribution is 6.36. The zero-order valence-electron chi connectivity index (χ0n) is 18.3. The summed E-state index contributed by atoms with van der Waals surface area (Å²) in [4.78, 5) is 17.1. The smallest absolute Gasteiger partial charge is 0.253 e. The van der Waals surface area contributed by atoms with Crippen molar-refractivity contribution in [2.75, 3.05) is 17.2 Å². The molecule has 33 heavy (non-hydrogen) atoms. The number of benzene rings is 2. The maximum atomic E-state index is 12.4. The van der Waals surface area contributed by atoms with Crippen molar-refractivity contribution in [3.8, 4) is 17.0 Å². The fraction of sp³-hybridized carbons (Fsp3) is 0.208. The first-order valence-electron chi connectivity index (χ1n) is 11.0. The summed E-state index contributed by atoms with van der Waals surface area (Å²) in [7, 11) is 1.95. The Morgan fingerprint density at radius 2 is 2.09 bits per heavy atom. The van der Waals surface area contributed by atoms with Gasteiger partial charge in [0, 0.05) is 36.7 Å². The maximum Gasteiger partial charge on any atom is 0.253 e. The van der Waals surface area contributed by atoms with Crippen molar-refractivity contribution in [1.82, 2.24) is 14.6 Å². The Morgan fingerprint density at radius 1 is 1.21 bits per heavy atom. The number of rotatable bonds is 6. The average Bonchev–Trinajstić information content (AvgIpc) is 3.49. The number of nitrogens with zero attached hydrogens (tertiary/aromatic N) is 3. The number of para-hydroxylation sites is 1. The van der Waals surface area contributed by atoms with Crippen molar-refractivity contribution in [3.63, 3.8) is 0 Å². The number of aromatic nitrogens is 3. The van der Waals surface area contributed by atoms with Gasteiger partial charge in [0.15, 0.2) is 5.65 Å². The monoisotopic (exact) mass is 441 g/mol. The van der Waals surface area contributed by atoms with E-state index in [1.165, 1.54) is 0 Å². The molecule has 4 aromatic rings. The third-order valence-electron chi connectivity index (χ3n) is 5.72. The van der Waals surface area contributed by atoms with Crippen LogP contribution in [0.3, 0.4) is 0 Å². The molecule has 0 saturated carbocycles. The molecule has 0 radical (unpaired) electrons. The topological polar surface area (TPSA) is 101 Å². The number of amides is 1. The molecular formula is C24H24BN5O3. The fourth-order valence-electron chi connectivity index (χ4n) is 3.99. The molecule has 3 heterocycles. The van der Waals surface area contributed by atoms with Gasteiger partial charge in [0.1, 0.15) is 25.5 Å². The van der Waals surface area contributed by atoms with Gasteiger partial charge in [0.25, 0.3) is 5.91 Å². The first-order chi connectivity index (χ1) is 16.1. The number of anilines is 2. The van der Waals surface area contributed by atoms with Crippen LogP contribution < -0.4 is 16.1 Å². The average molecular weight is 441 g/mol. The predicted molar refractivity (Wildman–Crippen MR) is 130 cm³/mol. The molecule has 1 fully saturated rings. The highest BCUT2D eigenvalue weighted by Crippen LogP contribution is 2.29. The number of carbonyl (C=O) groups is 1. The molecule has 9 heteroatoms. The van der Waals surface area contributed by atoms with Crippen molar-refractivity contribution in [2.45, 2.75) is 25.5 Å². The number of phenolic OH excluding ortho intramolecular Hbond substituents is 1. The van der Waals surface area contributed by atoms with Crippen LogP contribution in [0.1, 0.15) is 18.4 Å². The van der Waals surface area contributed by atoms with E-state index in [2.05, 4.69) is 15.7 Å². The minimum absolute atomic E-state index is 0.104. The van der Waals surface area contributed by atoms with Crippen LogP contribution in [0.25, 0.3) is 16.9 Å². The van der Waals surface area contributed by atoms with E-state index in [-0.39, 0.29) is 17.8 Å². The molecule has 8 nitrogen and oxygen atoms in total. The molecule has 1 amide bonds. The van der Waals surface area contributed by atoms with E-state index in [1.54, 1.807) is 22.8 Å². The minimum atomic E-state index is -0.368. The van der Waals surface area contributed by atoms with Crippen LogP contribution in [-0.2, 0) is 16.1 Å². The van der Waals surface area contributed by atoms with Crippen LogP contribution in [0.5, 0.6) is 5.75 Å². The Morgan fingerprint density at radius 3 is 2.91 bits per heavy atom. The van der Waals surface area contributed by atoms with Crippen molar-refractivity contribution in [3.05, 3.63) is 66.4 Å². The Labute approximate surface area is 192 Å². The van der Waals surface area contributed by atoms with E-state index in [0.29, 0.717) is 24.4 Å². The quantitative estimate of drug-likeness (QED) is 0.397. The molecule has 166 valence electrons. The second kappa shape index (κ2) is 8.95. The minimum Gasteiger partial charge on any atom is -0.507 e. The standard InChI is InChI=1S/C24H24BN5O3/c25-18-14-27-30-22(12-19(29-23(18)30)17-7-1-2-8-20(17)31)26-13-15-5-3-6-16(11-15)28-24(32)21-9-4-10-33-21/h1-3,5-8,11-12,14,21,26,31H,4,9-10,13,25H2,(H,28,32). The van der Waals surface area contributed by atoms with E-state index in [1.807, 2.05) is 50.3 Å². The summed E-state index contributed by atoms with van der Waals surface area (Å²) < 4.78 is 7.22. The highest BCUT2D eigenvalue weighted by atomic mass is 16.5. The van der Waals surface area contributed by atoms with Crippen LogP contribution >= 0.6 is 0 Å². The molecule has 2 aromatic carbocycles. The van der Waals surface area contributed by atoms with Gasteiger partial charge in [-0.25, -0.2) is 4.98 Å². The van der Waals surface area contributed by atoms with Gasteiger partial charge < -0.3 is 20.5 Å². The van der Waals surface area contributed by atoms with E-state index < -0.39 is 0 Å². The number of aromatic hydroxyl groups is 1. The predicted octanol–water partition coefficient (Wildman–Crippen LogP) is 2.09. The van der Waals surface area contributed by atoms with Crippen LogP contribution in [0.4, 0.5) is 11.5 Å². The lowest BCUT2D eigenvalue weighted by molar-refractivity contribution is -0.124. The highest BCUT2D eigenvalue weighted by Gasteiger charge is 2.23. The Hall–Kier alpha value is -3.85. The Kier molecular flexibility index (Phi) is 5.70. The number of fused-ring (bicyclic) bond motifs is 1. The second-order valence-electron chi connectivity index (χ2n) is 8.15. The second-order valence-corrected chi connectivity index (χ2v) is 8.15.